The van der Waals surface area contributed by atoms with E-state index >= 15 is 0 Å². The third-order valence-corrected chi connectivity index (χ3v) is 11.1. The molecule has 0 aromatic carbocycles. The molecule has 4 aliphatic carbocycles. The van der Waals surface area contributed by atoms with E-state index in [4.69, 9.17) is 0 Å². The number of allylic oxidation sites excluding steroid dienone is 2. The average Bonchev–Trinajstić information content (AvgIpc) is 3.07. The van der Waals surface area contributed by atoms with Gasteiger partial charge in [-0.25, -0.2) is 0 Å². The minimum Gasteiger partial charge on any atom is -0.396 e. The van der Waals surface area contributed by atoms with Gasteiger partial charge in [-0.15, -0.1) is 0 Å². The molecule has 30 heavy (non-hydrogen) atoms. The Balaban J connectivity index is 1.48. The van der Waals surface area contributed by atoms with Gasteiger partial charge in [-0.3, -0.25) is 0 Å². The lowest BCUT2D eigenvalue weighted by Crippen LogP contribution is -2.43. The van der Waals surface area contributed by atoms with Crippen molar-refractivity contribution in [3.8, 4) is 0 Å². The van der Waals surface area contributed by atoms with E-state index < -0.39 is 0 Å². The van der Waals surface area contributed by atoms with Crippen molar-refractivity contribution in [3.63, 3.8) is 0 Å². The number of hydrogen-bond acceptors (Lipinski definition) is 1. The Morgan fingerprint density at radius 3 is 2.43 bits per heavy atom. The largest absolute Gasteiger partial charge is 0.396 e. The van der Waals surface area contributed by atoms with Crippen molar-refractivity contribution in [1.82, 2.24) is 0 Å². The van der Waals surface area contributed by atoms with Crippen LogP contribution in [0.2, 0.25) is 0 Å². The van der Waals surface area contributed by atoms with E-state index in [1.165, 1.54) is 77.0 Å². The van der Waals surface area contributed by atoms with Crippen LogP contribution in [0.5, 0.6) is 0 Å². The normalized spacial score (nSPS) is 40.7. The molecule has 1 N–H and O–H groups in total. The lowest BCUT2D eigenvalue weighted by Gasteiger charge is -2.54. The lowest BCUT2D eigenvalue weighted by atomic mass is 9.50. The van der Waals surface area contributed by atoms with Gasteiger partial charge >= 0.3 is 0 Å². The molecule has 0 amide bonds. The molecule has 0 saturated heterocycles. The zero-order chi connectivity index (χ0) is 21.5. The first kappa shape index (κ1) is 22.9. The molecule has 172 valence electrons. The first-order valence-electron chi connectivity index (χ1n) is 13.6. The summed E-state index contributed by atoms with van der Waals surface area (Å²) in [6, 6.07) is 0. The highest BCUT2D eigenvalue weighted by molar-refractivity contribution is 5.34. The monoisotopic (exact) mass is 414 g/mol. The molecule has 0 aromatic rings. The third kappa shape index (κ3) is 3.84. The van der Waals surface area contributed by atoms with E-state index in [0.29, 0.717) is 29.3 Å². The van der Waals surface area contributed by atoms with Crippen molar-refractivity contribution in [3.05, 3.63) is 11.1 Å². The smallest absolute Gasteiger partial charge is 0.0433 e. The van der Waals surface area contributed by atoms with Crippen molar-refractivity contribution >= 4 is 0 Å². The summed E-state index contributed by atoms with van der Waals surface area (Å²) in [7, 11) is 0. The molecule has 0 radical (unpaired) electrons. The van der Waals surface area contributed by atoms with Crippen LogP contribution < -0.4 is 0 Å². The standard InChI is InChI=1S/C29H50O/c1-20(2)22(16-19-30)10-9-21(3)25-13-14-26-24-12-11-23-8-6-7-17-28(23,4)27(24)15-18-29(25,26)5/h20-23,25-26,30H,6-19H2,1-5H3/t21-,22+,23-,25-,26+,28+,29-/m1/s1. The van der Waals surface area contributed by atoms with Gasteiger partial charge in [-0.1, -0.05) is 65.0 Å². The lowest BCUT2D eigenvalue weighted by molar-refractivity contribution is 0.0642. The zero-order valence-corrected chi connectivity index (χ0v) is 20.8. The maximum Gasteiger partial charge on any atom is 0.0433 e. The second kappa shape index (κ2) is 8.92. The van der Waals surface area contributed by atoms with E-state index in [1.807, 2.05) is 11.1 Å². The van der Waals surface area contributed by atoms with Crippen LogP contribution in [0, 0.1) is 46.3 Å². The summed E-state index contributed by atoms with van der Waals surface area (Å²) < 4.78 is 0. The fraction of sp³-hybridized carbons (Fsp3) is 0.931. The van der Waals surface area contributed by atoms with Gasteiger partial charge < -0.3 is 5.11 Å². The van der Waals surface area contributed by atoms with Crippen molar-refractivity contribution < 1.29 is 5.11 Å². The molecule has 0 spiro atoms. The zero-order valence-electron chi connectivity index (χ0n) is 20.8. The SMILES string of the molecule is CC(C)[C@H](CCO)CC[C@@H](C)[C@H]1CC[C@H]2C3=C(CC[C@]12C)[C@@]1(C)CCCC[C@@H]1CC3. The molecule has 0 unspecified atom stereocenters. The summed E-state index contributed by atoms with van der Waals surface area (Å²) in [5, 5.41) is 9.47. The van der Waals surface area contributed by atoms with Gasteiger partial charge in [-0.05, 0) is 111 Å². The van der Waals surface area contributed by atoms with Crippen LogP contribution in [-0.2, 0) is 0 Å². The highest BCUT2D eigenvalue weighted by atomic mass is 16.3. The van der Waals surface area contributed by atoms with Crippen LogP contribution in [0.25, 0.3) is 0 Å². The summed E-state index contributed by atoms with van der Waals surface area (Å²) in [5.41, 5.74) is 5.06. The van der Waals surface area contributed by atoms with Crippen molar-refractivity contribution in [2.45, 2.75) is 118 Å². The second-order valence-corrected chi connectivity index (χ2v) is 12.7. The van der Waals surface area contributed by atoms with E-state index in [-0.39, 0.29) is 0 Å². The van der Waals surface area contributed by atoms with E-state index in [1.54, 1.807) is 0 Å². The Kier molecular flexibility index (Phi) is 6.80. The van der Waals surface area contributed by atoms with Gasteiger partial charge in [0.2, 0.25) is 0 Å². The Morgan fingerprint density at radius 1 is 0.900 bits per heavy atom. The molecule has 7 atom stereocenters. The number of aliphatic hydroxyl groups excluding tert-OH is 1. The van der Waals surface area contributed by atoms with Gasteiger partial charge in [0, 0.05) is 6.61 Å². The number of hydrogen-bond donors (Lipinski definition) is 1. The molecular formula is C29H50O. The topological polar surface area (TPSA) is 20.2 Å². The summed E-state index contributed by atoms with van der Waals surface area (Å²) in [4.78, 5) is 0. The van der Waals surface area contributed by atoms with Crippen LogP contribution in [0.15, 0.2) is 11.1 Å². The summed E-state index contributed by atoms with van der Waals surface area (Å²) in [5.74, 6) is 5.03. The van der Waals surface area contributed by atoms with Crippen LogP contribution in [0.3, 0.4) is 0 Å². The first-order valence-corrected chi connectivity index (χ1v) is 13.6. The molecule has 1 nitrogen and oxygen atoms in total. The predicted octanol–water partition coefficient (Wildman–Crippen LogP) is 8.17. The molecule has 0 aliphatic heterocycles. The first-order chi connectivity index (χ1) is 14.3. The minimum atomic E-state index is 0.358. The molecule has 4 rings (SSSR count). The molecule has 0 aromatic heterocycles. The molecule has 2 fully saturated rings. The Morgan fingerprint density at radius 2 is 1.70 bits per heavy atom. The highest BCUT2D eigenvalue weighted by Gasteiger charge is 2.55. The van der Waals surface area contributed by atoms with Crippen molar-refractivity contribution in [1.29, 1.82) is 0 Å². The summed E-state index contributed by atoms with van der Waals surface area (Å²) >= 11 is 0. The Bertz CT molecular complexity index is 632. The number of aliphatic hydroxyl groups is 1. The molecule has 1 heteroatoms. The predicted molar refractivity (Wildman–Crippen MR) is 128 cm³/mol. The van der Waals surface area contributed by atoms with Gasteiger partial charge in [0.15, 0.2) is 0 Å². The summed E-state index contributed by atoms with van der Waals surface area (Å²) in [6.45, 7) is 13.0. The third-order valence-electron chi connectivity index (χ3n) is 11.1. The number of fused-ring (bicyclic) bond motifs is 4. The molecule has 2 saturated carbocycles. The molecule has 0 heterocycles. The Hall–Kier alpha value is -0.300. The van der Waals surface area contributed by atoms with Crippen LogP contribution in [-0.4, -0.2) is 11.7 Å². The fourth-order valence-electron chi connectivity index (χ4n) is 9.12. The average molecular weight is 415 g/mol. The van der Waals surface area contributed by atoms with Crippen LogP contribution in [0.4, 0.5) is 0 Å². The van der Waals surface area contributed by atoms with Crippen molar-refractivity contribution in [2.75, 3.05) is 6.61 Å². The maximum absolute atomic E-state index is 9.47. The Labute approximate surface area is 187 Å². The molecule has 0 bridgehead atoms. The summed E-state index contributed by atoms with van der Waals surface area (Å²) in [6.07, 6.45) is 18.3. The van der Waals surface area contributed by atoms with Crippen molar-refractivity contribution in [2.24, 2.45) is 46.3 Å². The quantitative estimate of drug-likeness (QED) is 0.416. The van der Waals surface area contributed by atoms with Gasteiger partial charge in [-0.2, -0.15) is 0 Å². The van der Waals surface area contributed by atoms with Crippen LogP contribution >= 0.6 is 0 Å². The second-order valence-electron chi connectivity index (χ2n) is 12.7. The fourth-order valence-corrected chi connectivity index (χ4v) is 9.12. The molecule has 4 aliphatic rings. The van der Waals surface area contributed by atoms with Crippen LogP contribution in [0.1, 0.15) is 118 Å². The molecular weight excluding hydrogens is 364 g/mol. The van der Waals surface area contributed by atoms with E-state index in [2.05, 4.69) is 34.6 Å². The van der Waals surface area contributed by atoms with Gasteiger partial charge in [0.1, 0.15) is 0 Å². The van der Waals surface area contributed by atoms with E-state index in [9.17, 15) is 5.11 Å². The maximum atomic E-state index is 9.47. The van der Waals surface area contributed by atoms with E-state index in [0.717, 1.165) is 30.1 Å². The number of rotatable bonds is 7. The van der Waals surface area contributed by atoms with Gasteiger partial charge in [0.05, 0.1) is 0 Å². The van der Waals surface area contributed by atoms with Gasteiger partial charge in [0.25, 0.3) is 0 Å². The minimum absolute atomic E-state index is 0.358. The highest BCUT2D eigenvalue weighted by Crippen LogP contribution is 2.66.